The van der Waals surface area contributed by atoms with Gasteiger partial charge in [0.2, 0.25) is 0 Å². The first-order valence-electron chi connectivity index (χ1n) is 5.62. The van der Waals surface area contributed by atoms with Crippen molar-refractivity contribution in [1.29, 1.82) is 0 Å². The summed E-state index contributed by atoms with van der Waals surface area (Å²) in [5, 5.41) is 9.26. The molecule has 1 aliphatic rings. The van der Waals surface area contributed by atoms with Crippen molar-refractivity contribution in [2.75, 3.05) is 13.6 Å². The smallest absolute Gasteiger partial charge is 0.0541 e. The number of rotatable bonds is 2. The molecule has 80 valence electrons. The summed E-state index contributed by atoms with van der Waals surface area (Å²) in [6, 6.07) is 0.725. The molecule has 0 spiro atoms. The van der Waals surface area contributed by atoms with Crippen LogP contribution in [0.2, 0.25) is 0 Å². The van der Waals surface area contributed by atoms with Crippen molar-refractivity contribution >= 4 is 0 Å². The Morgan fingerprint density at radius 3 is 2.00 bits per heavy atom. The second-order valence-corrected chi connectivity index (χ2v) is 3.54. The van der Waals surface area contributed by atoms with E-state index >= 15 is 0 Å². The summed E-state index contributed by atoms with van der Waals surface area (Å²) in [4.78, 5) is 2.38. The van der Waals surface area contributed by atoms with Gasteiger partial charge in [-0.1, -0.05) is 20.8 Å². The summed E-state index contributed by atoms with van der Waals surface area (Å²) in [5.41, 5.74) is 0. The van der Waals surface area contributed by atoms with Gasteiger partial charge in [-0.3, -0.25) is 0 Å². The molecule has 1 fully saturated rings. The van der Waals surface area contributed by atoms with Gasteiger partial charge in [-0.25, -0.2) is 0 Å². The summed E-state index contributed by atoms with van der Waals surface area (Å²) < 4.78 is 0. The van der Waals surface area contributed by atoms with Crippen LogP contribution in [0.4, 0.5) is 0 Å². The summed E-state index contributed by atoms with van der Waals surface area (Å²) in [6.45, 7) is 7.31. The lowest BCUT2D eigenvalue weighted by molar-refractivity contribution is 0.0862. The van der Waals surface area contributed by atoms with E-state index in [1.54, 1.807) is 0 Å². The van der Waals surface area contributed by atoms with Crippen molar-refractivity contribution in [1.82, 2.24) is 4.90 Å². The minimum absolute atomic E-state index is 0.0171. The molecule has 1 N–H and O–H groups in total. The largest absolute Gasteiger partial charge is 0.393 e. The Bertz CT molecular complexity index is 109. The van der Waals surface area contributed by atoms with Gasteiger partial charge in [0.15, 0.2) is 0 Å². The van der Waals surface area contributed by atoms with Crippen LogP contribution in [0.15, 0.2) is 0 Å². The van der Waals surface area contributed by atoms with Crippen molar-refractivity contribution in [3.05, 3.63) is 0 Å². The van der Waals surface area contributed by atoms with E-state index in [4.69, 9.17) is 0 Å². The Hall–Kier alpha value is -0.0800. The molecule has 13 heavy (non-hydrogen) atoms. The lowest BCUT2D eigenvalue weighted by Gasteiger charge is -2.32. The third-order valence-electron chi connectivity index (χ3n) is 2.79. The number of nitrogens with zero attached hydrogens (tertiary/aromatic N) is 1. The molecule has 0 saturated heterocycles. The highest BCUT2D eigenvalue weighted by Crippen LogP contribution is 2.21. The Kier molecular flexibility index (Phi) is 7.29. The molecule has 0 bridgehead atoms. The van der Waals surface area contributed by atoms with Crippen LogP contribution in [0.25, 0.3) is 0 Å². The summed E-state index contributed by atoms with van der Waals surface area (Å²) in [7, 11) is 2.17. The number of hydrogen-bond donors (Lipinski definition) is 1. The third kappa shape index (κ3) is 4.63. The van der Waals surface area contributed by atoms with E-state index in [9.17, 15) is 5.11 Å². The first kappa shape index (κ1) is 12.9. The normalized spacial score (nSPS) is 28.2. The van der Waals surface area contributed by atoms with Crippen LogP contribution < -0.4 is 0 Å². The van der Waals surface area contributed by atoms with E-state index < -0.39 is 0 Å². The van der Waals surface area contributed by atoms with E-state index in [0.29, 0.717) is 0 Å². The van der Waals surface area contributed by atoms with E-state index in [1.165, 1.54) is 12.8 Å². The van der Waals surface area contributed by atoms with Crippen LogP contribution in [0, 0.1) is 0 Å². The number of hydrogen-bond acceptors (Lipinski definition) is 2. The lowest BCUT2D eigenvalue weighted by atomic mass is 9.92. The summed E-state index contributed by atoms with van der Waals surface area (Å²) in [5.74, 6) is 0. The van der Waals surface area contributed by atoms with Gasteiger partial charge in [0.1, 0.15) is 0 Å². The molecular weight excluding hydrogens is 162 g/mol. The monoisotopic (exact) mass is 187 g/mol. The van der Waals surface area contributed by atoms with Crippen molar-refractivity contribution in [2.24, 2.45) is 0 Å². The zero-order valence-electron chi connectivity index (χ0n) is 9.58. The molecule has 2 heteroatoms. The minimum atomic E-state index is -0.0171. The Labute approximate surface area is 82.9 Å². The van der Waals surface area contributed by atoms with Gasteiger partial charge in [0.05, 0.1) is 6.10 Å². The second kappa shape index (κ2) is 7.34. The van der Waals surface area contributed by atoms with Gasteiger partial charge in [-0.2, -0.15) is 0 Å². The van der Waals surface area contributed by atoms with Gasteiger partial charge >= 0.3 is 0 Å². The predicted octanol–water partition coefficient (Wildman–Crippen LogP) is 2.27. The molecular formula is C11H25NO. The van der Waals surface area contributed by atoms with E-state index in [-0.39, 0.29) is 6.10 Å². The molecule has 0 atom stereocenters. The zero-order valence-corrected chi connectivity index (χ0v) is 9.58. The highest BCUT2D eigenvalue weighted by Gasteiger charge is 2.21. The fraction of sp³-hybridized carbons (Fsp3) is 1.00. The topological polar surface area (TPSA) is 23.5 Å². The molecule has 1 aliphatic carbocycles. The Balaban J connectivity index is 0.000000671. The van der Waals surface area contributed by atoms with Gasteiger partial charge in [0, 0.05) is 6.04 Å². The van der Waals surface area contributed by atoms with Crippen LogP contribution >= 0.6 is 0 Å². The van der Waals surface area contributed by atoms with Crippen LogP contribution in [0.1, 0.15) is 46.5 Å². The summed E-state index contributed by atoms with van der Waals surface area (Å²) >= 11 is 0. The Morgan fingerprint density at radius 2 is 1.62 bits per heavy atom. The summed E-state index contributed by atoms with van der Waals surface area (Å²) in [6.07, 6.45) is 4.32. The molecule has 1 rings (SSSR count). The predicted molar refractivity (Wildman–Crippen MR) is 57.9 cm³/mol. The Morgan fingerprint density at radius 1 is 1.15 bits per heavy atom. The minimum Gasteiger partial charge on any atom is -0.393 e. The van der Waals surface area contributed by atoms with Gasteiger partial charge in [-0.05, 0) is 39.3 Å². The van der Waals surface area contributed by atoms with E-state index in [1.807, 2.05) is 13.8 Å². The molecule has 0 aliphatic heterocycles. The van der Waals surface area contributed by atoms with Gasteiger partial charge in [0.25, 0.3) is 0 Å². The van der Waals surface area contributed by atoms with E-state index in [0.717, 1.165) is 25.4 Å². The highest BCUT2D eigenvalue weighted by atomic mass is 16.3. The van der Waals surface area contributed by atoms with Crippen LogP contribution in [-0.4, -0.2) is 35.7 Å². The molecule has 1 saturated carbocycles. The average Bonchev–Trinajstić information content (AvgIpc) is 2.21. The molecule has 0 radical (unpaired) electrons. The lowest BCUT2D eigenvalue weighted by Crippen LogP contribution is -2.36. The maximum atomic E-state index is 9.26. The van der Waals surface area contributed by atoms with Crippen molar-refractivity contribution in [2.45, 2.75) is 58.6 Å². The zero-order chi connectivity index (χ0) is 10.3. The molecule has 0 unspecified atom stereocenters. The highest BCUT2D eigenvalue weighted by molar-refractivity contribution is 4.76. The van der Waals surface area contributed by atoms with Gasteiger partial charge < -0.3 is 10.0 Å². The first-order chi connectivity index (χ1) is 6.24. The van der Waals surface area contributed by atoms with Crippen molar-refractivity contribution in [3.8, 4) is 0 Å². The number of aliphatic hydroxyl groups is 1. The molecule has 0 aromatic heterocycles. The first-order valence-corrected chi connectivity index (χ1v) is 5.62. The fourth-order valence-corrected chi connectivity index (χ4v) is 1.76. The maximum absolute atomic E-state index is 9.26. The van der Waals surface area contributed by atoms with Crippen molar-refractivity contribution in [3.63, 3.8) is 0 Å². The van der Waals surface area contributed by atoms with Crippen LogP contribution in [0.5, 0.6) is 0 Å². The van der Waals surface area contributed by atoms with Gasteiger partial charge in [-0.15, -0.1) is 0 Å². The molecule has 0 aromatic rings. The third-order valence-corrected chi connectivity index (χ3v) is 2.79. The molecule has 2 nitrogen and oxygen atoms in total. The quantitative estimate of drug-likeness (QED) is 0.717. The average molecular weight is 187 g/mol. The van der Waals surface area contributed by atoms with Crippen LogP contribution in [-0.2, 0) is 0 Å². The standard InChI is InChI=1S/C9H19NO.C2H6/c1-3-10(2)8-4-6-9(11)7-5-8;1-2/h8-9,11H,3-7H2,1-2H3;1-2H3. The molecule has 0 heterocycles. The maximum Gasteiger partial charge on any atom is 0.0541 e. The van der Waals surface area contributed by atoms with Crippen molar-refractivity contribution < 1.29 is 5.11 Å². The SMILES string of the molecule is CC.CCN(C)C1CCC(O)CC1. The fourth-order valence-electron chi connectivity index (χ4n) is 1.76. The van der Waals surface area contributed by atoms with Crippen LogP contribution in [0.3, 0.4) is 0 Å². The molecule has 0 amide bonds. The molecule has 0 aromatic carbocycles. The second-order valence-electron chi connectivity index (χ2n) is 3.54. The number of aliphatic hydroxyl groups excluding tert-OH is 1. The van der Waals surface area contributed by atoms with E-state index in [2.05, 4.69) is 18.9 Å².